The van der Waals surface area contributed by atoms with Gasteiger partial charge in [-0.3, -0.25) is 4.79 Å². The molecule has 5 nitrogen and oxygen atoms in total. The number of esters is 1. The van der Waals surface area contributed by atoms with E-state index in [0.717, 1.165) is 0 Å². The Labute approximate surface area is 103 Å². The van der Waals surface area contributed by atoms with Crippen molar-refractivity contribution >= 4 is 16.9 Å². The minimum atomic E-state index is -0.679. The van der Waals surface area contributed by atoms with E-state index in [4.69, 9.17) is 9.47 Å². The summed E-state index contributed by atoms with van der Waals surface area (Å²) in [6.07, 6.45) is 0. The molecule has 0 saturated carbocycles. The van der Waals surface area contributed by atoms with Crippen LogP contribution < -0.4 is 10.2 Å². The SMILES string of the molecule is CCOC(=O)c1c(OC)[nH]c2ccccc2c1=O. The molecular formula is C13H13NO4. The first-order valence-electron chi connectivity index (χ1n) is 5.55. The molecule has 0 amide bonds. The number of hydrogen-bond acceptors (Lipinski definition) is 4. The predicted octanol–water partition coefficient (Wildman–Crippen LogP) is 1.71. The Morgan fingerprint density at radius 2 is 2.06 bits per heavy atom. The Morgan fingerprint density at radius 3 is 2.72 bits per heavy atom. The lowest BCUT2D eigenvalue weighted by Crippen LogP contribution is -2.20. The lowest BCUT2D eigenvalue weighted by molar-refractivity contribution is 0.0520. The van der Waals surface area contributed by atoms with Gasteiger partial charge in [-0.2, -0.15) is 0 Å². The molecule has 0 bridgehead atoms. The Morgan fingerprint density at radius 1 is 1.33 bits per heavy atom. The molecular weight excluding hydrogens is 234 g/mol. The molecule has 5 heteroatoms. The number of nitrogens with one attached hydrogen (secondary N) is 1. The zero-order chi connectivity index (χ0) is 13.1. The fraction of sp³-hybridized carbons (Fsp3) is 0.231. The van der Waals surface area contributed by atoms with Crippen molar-refractivity contribution in [3.8, 4) is 5.88 Å². The molecule has 0 radical (unpaired) electrons. The smallest absolute Gasteiger partial charge is 0.347 e. The topological polar surface area (TPSA) is 68.4 Å². The van der Waals surface area contributed by atoms with E-state index >= 15 is 0 Å². The van der Waals surface area contributed by atoms with Crippen LogP contribution in [-0.4, -0.2) is 24.7 Å². The van der Waals surface area contributed by atoms with Crippen molar-refractivity contribution in [1.82, 2.24) is 4.98 Å². The molecule has 0 aliphatic carbocycles. The number of methoxy groups -OCH3 is 1. The highest BCUT2D eigenvalue weighted by Crippen LogP contribution is 2.17. The summed E-state index contributed by atoms with van der Waals surface area (Å²) in [7, 11) is 1.39. The van der Waals surface area contributed by atoms with Gasteiger partial charge in [0.15, 0.2) is 5.56 Å². The molecule has 1 heterocycles. The summed E-state index contributed by atoms with van der Waals surface area (Å²) in [4.78, 5) is 26.9. The molecule has 0 fully saturated rings. The van der Waals surface area contributed by atoms with Crippen molar-refractivity contribution < 1.29 is 14.3 Å². The zero-order valence-corrected chi connectivity index (χ0v) is 10.1. The van der Waals surface area contributed by atoms with E-state index in [9.17, 15) is 9.59 Å². The van der Waals surface area contributed by atoms with Crippen LogP contribution in [0.5, 0.6) is 5.88 Å². The number of rotatable bonds is 3. The second-order valence-corrected chi connectivity index (χ2v) is 3.63. The number of pyridine rings is 1. The molecule has 1 aromatic carbocycles. The third-order valence-corrected chi connectivity index (χ3v) is 2.56. The lowest BCUT2D eigenvalue weighted by Gasteiger charge is -2.08. The normalized spacial score (nSPS) is 10.3. The molecule has 0 spiro atoms. The zero-order valence-electron chi connectivity index (χ0n) is 10.1. The molecule has 0 aliphatic rings. The summed E-state index contributed by atoms with van der Waals surface area (Å²) in [6, 6.07) is 6.92. The predicted molar refractivity (Wildman–Crippen MR) is 67.1 cm³/mol. The van der Waals surface area contributed by atoms with Crippen molar-refractivity contribution in [2.75, 3.05) is 13.7 Å². The number of fused-ring (bicyclic) bond motifs is 1. The standard InChI is InChI=1S/C13H13NO4/c1-3-18-13(16)10-11(15)8-6-4-5-7-9(8)14-12(10)17-2/h4-7H,3H2,1-2H3,(H,14,15). The Kier molecular flexibility index (Phi) is 3.32. The number of H-pyrrole nitrogens is 1. The Hall–Kier alpha value is -2.30. The molecule has 0 saturated heterocycles. The number of carbonyl (C=O) groups excluding carboxylic acids is 1. The van der Waals surface area contributed by atoms with E-state index < -0.39 is 5.97 Å². The van der Waals surface area contributed by atoms with Crippen LogP contribution in [0.3, 0.4) is 0 Å². The van der Waals surface area contributed by atoms with E-state index in [1.165, 1.54) is 7.11 Å². The third-order valence-electron chi connectivity index (χ3n) is 2.56. The lowest BCUT2D eigenvalue weighted by atomic mass is 10.1. The highest BCUT2D eigenvalue weighted by molar-refractivity contribution is 5.96. The maximum atomic E-state index is 12.2. The van der Waals surface area contributed by atoms with Gasteiger partial charge in [0.1, 0.15) is 0 Å². The Balaban J connectivity index is 2.74. The van der Waals surface area contributed by atoms with Gasteiger partial charge >= 0.3 is 5.97 Å². The van der Waals surface area contributed by atoms with Crippen LogP contribution in [0.4, 0.5) is 0 Å². The highest BCUT2D eigenvalue weighted by Gasteiger charge is 2.20. The van der Waals surface area contributed by atoms with Crippen molar-refractivity contribution in [2.45, 2.75) is 6.92 Å². The van der Waals surface area contributed by atoms with Gasteiger partial charge in [-0.05, 0) is 19.1 Å². The average Bonchev–Trinajstić information content (AvgIpc) is 2.38. The second kappa shape index (κ2) is 4.91. The van der Waals surface area contributed by atoms with E-state index in [1.54, 1.807) is 31.2 Å². The number of aromatic amines is 1. The van der Waals surface area contributed by atoms with Gasteiger partial charge in [0.25, 0.3) is 0 Å². The molecule has 1 N–H and O–H groups in total. The van der Waals surface area contributed by atoms with Crippen LogP contribution in [0.1, 0.15) is 17.3 Å². The van der Waals surface area contributed by atoms with Crippen molar-refractivity contribution in [2.24, 2.45) is 0 Å². The van der Waals surface area contributed by atoms with Crippen LogP contribution in [-0.2, 0) is 4.74 Å². The maximum Gasteiger partial charge on any atom is 0.347 e. The molecule has 18 heavy (non-hydrogen) atoms. The highest BCUT2D eigenvalue weighted by atomic mass is 16.5. The minimum absolute atomic E-state index is 0.0990. The largest absolute Gasteiger partial charge is 0.482 e. The fourth-order valence-corrected chi connectivity index (χ4v) is 1.75. The Bertz CT molecular complexity index is 645. The summed E-state index contributed by atoms with van der Waals surface area (Å²) < 4.78 is 9.91. The number of ether oxygens (including phenoxy) is 2. The first-order chi connectivity index (χ1) is 8.69. The number of hydrogen-bond donors (Lipinski definition) is 1. The maximum absolute atomic E-state index is 12.2. The van der Waals surface area contributed by atoms with Crippen LogP contribution in [0.15, 0.2) is 29.1 Å². The molecule has 2 aromatic rings. The minimum Gasteiger partial charge on any atom is -0.482 e. The second-order valence-electron chi connectivity index (χ2n) is 3.63. The number of para-hydroxylation sites is 1. The summed E-state index contributed by atoms with van der Waals surface area (Å²) in [5.41, 5.74) is 0.130. The van der Waals surface area contributed by atoms with Crippen LogP contribution in [0.25, 0.3) is 10.9 Å². The van der Waals surface area contributed by atoms with E-state index in [-0.39, 0.29) is 23.5 Å². The van der Waals surface area contributed by atoms with E-state index in [2.05, 4.69) is 4.98 Å². The summed E-state index contributed by atoms with van der Waals surface area (Å²) in [5.74, 6) is -0.557. The molecule has 0 aliphatic heterocycles. The fourth-order valence-electron chi connectivity index (χ4n) is 1.75. The first-order valence-corrected chi connectivity index (χ1v) is 5.55. The number of benzene rings is 1. The first kappa shape index (κ1) is 12.2. The number of carbonyl (C=O) groups is 1. The number of aromatic nitrogens is 1. The molecule has 2 rings (SSSR count). The molecule has 0 unspecified atom stereocenters. The van der Waals surface area contributed by atoms with Crippen molar-refractivity contribution in [3.05, 3.63) is 40.1 Å². The van der Waals surface area contributed by atoms with Gasteiger partial charge in [-0.25, -0.2) is 4.79 Å². The van der Waals surface area contributed by atoms with Crippen molar-refractivity contribution in [1.29, 1.82) is 0 Å². The van der Waals surface area contributed by atoms with Crippen LogP contribution >= 0.6 is 0 Å². The molecule has 94 valence electrons. The van der Waals surface area contributed by atoms with Gasteiger partial charge in [-0.1, -0.05) is 12.1 Å². The van der Waals surface area contributed by atoms with Gasteiger partial charge in [0.05, 0.1) is 19.2 Å². The third kappa shape index (κ3) is 1.95. The monoisotopic (exact) mass is 247 g/mol. The van der Waals surface area contributed by atoms with Crippen LogP contribution in [0, 0.1) is 0 Å². The van der Waals surface area contributed by atoms with Crippen LogP contribution in [0.2, 0.25) is 0 Å². The van der Waals surface area contributed by atoms with Crippen molar-refractivity contribution in [3.63, 3.8) is 0 Å². The molecule has 0 atom stereocenters. The summed E-state index contributed by atoms with van der Waals surface area (Å²) >= 11 is 0. The summed E-state index contributed by atoms with van der Waals surface area (Å²) in [6.45, 7) is 1.88. The van der Waals surface area contributed by atoms with Gasteiger partial charge in [0.2, 0.25) is 11.3 Å². The summed E-state index contributed by atoms with van der Waals surface area (Å²) in [5, 5.41) is 0.432. The van der Waals surface area contributed by atoms with Gasteiger partial charge in [-0.15, -0.1) is 0 Å². The van der Waals surface area contributed by atoms with Gasteiger partial charge in [0, 0.05) is 5.39 Å². The quantitative estimate of drug-likeness (QED) is 0.838. The van der Waals surface area contributed by atoms with E-state index in [1.807, 2.05) is 0 Å². The van der Waals surface area contributed by atoms with Gasteiger partial charge < -0.3 is 14.5 Å². The average molecular weight is 247 g/mol. The molecule has 1 aromatic heterocycles. The van der Waals surface area contributed by atoms with E-state index in [0.29, 0.717) is 10.9 Å².